The monoisotopic (exact) mass is 357 g/mol. The van der Waals surface area contributed by atoms with Crippen LogP contribution in [0, 0.1) is 0 Å². The van der Waals surface area contributed by atoms with Crippen LogP contribution in [0.4, 0.5) is 0 Å². The van der Waals surface area contributed by atoms with Crippen LogP contribution in [0.3, 0.4) is 0 Å². The summed E-state index contributed by atoms with van der Waals surface area (Å²) in [7, 11) is 0. The lowest BCUT2D eigenvalue weighted by Crippen LogP contribution is -2.35. The van der Waals surface area contributed by atoms with Crippen LogP contribution in [0.2, 0.25) is 0 Å². The maximum Gasteiger partial charge on any atom is 0.127 e. The molecule has 1 saturated carbocycles. The molecule has 2 unspecified atom stereocenters. The number of hydrogen-bond acceptors (Lipinski definition) is 2. The molecule has 0 saturated heterocycles. The lowest BCUT2D eigenvalue weighted by Gasteiger charge is -2.22. The average molecular weight is 359 g/mol. The minimum Gasteiger partial charge on any atom is -0.493 e. The first-order chi connectivity index (χ1) is 9.74. The number of fused-ring (bicyclic) bond motifs is 1. The molecule has 3 rings (SSSR count). The molecule has 0 bridgehead atoms. The van der Waals surface area contributed by atoms with Gasteiger partial charge in [0, 0.05) is 34.4 Å². The molecule has 1 aromatic carbocycles. The van der Waals surface area contributed by atoms with E-state index in [4.69, 9.17) is 16.3 Å². The first kappa shape index (κ1) is 14.7. The zero-order valence-corrected chi connectivity index (χ0v) is 14.0. The first-order valence-electron chi connectivity index (χ1n) is 7.55. The minimum atomic E-state index is 0.263. The van der Waals surface area contributed by atoms with E-state index in [0.717, 1.165) is 36.2 Å². The maximum atomic E-state index is 6.50. The third kappa shape index (κ3) is 3.32. The maximum absolute atomic E-state index is 6.50. The predicted octanol–water partition coefficient (Wildman–Crippen LogP) is 4.41. The summed E-state index contributed by atoms with van der Waals surface area (Å²) in [6.45, 7) is 1.65. The Morgan fingerprint density at radius 2 is 2.10 bits per heavy atom. The Hall–Kier alpha value is -0.250. The number of hydrogen-bond donors (Lipinski definition) is 1. The number of alkyl halides is 1. The van der Waals surface area contributed by atoms with Crippen molar-refractivity contribution in [2.45, 2.75) is 56.5 Å². The van der Waals surface area contributed by atoms with E-state index in [9.17, 15) is 0 Å². The van der Waals surface area contributed by atoms with Crippen molar-refractivity contribution in [1.82, 2.24) is 5.32 Å². The van der Waals surface area contributed by atoms with Crippen LogP contribution in [-0.4, -0.2) is 18.0 Å². The Bertz CT molecular complexity index is 480. The van der Waals surface area contributed by atoms with Crippen LogP contribution in [-0.2, 0) is 13.0 Å². The van der Waals surface area contributed by atoms with E-state index in [0.29, 0.717) is 6.04 Å². The molecule has 1 N–H and O–H groups in total. The largest absolute Gasteiger partial charge is 0.493 e. The van der Waals surface area contributed by atoms with Gasteiger partial charge >= 0.3 is 0 Å². The van der Waals surface area contributed by atoms with E-state index in [1.807, 2.05) is 0 Å². The summed E-state index contributed by atoms with van der Waals surface area (Å²) in [5.41, 5.74) is 2.57. The van der Waals surface area contributed by atoms with Gasteiger partial charge in [-0.15, -0.1) is 11.6 Å². The Morgan fingerprint density at radius 1 is 1.25 bits per heavy atom. The molecule has 1 aliphatic heterocycles. The minimum absolute atomic E-state index is 0.263. The molecule has 0 aromatic heterocycles. The molecule has 2 atom stereocenters. The topological polar surface area (TPSA) is 21.3 Å². The number of benzene rings is 1. The van der Waals surface area contributed by atoms with E-state index < -0.39 is 0 Å². The van der Waals surface area contributed by atoms with Gasteiger partial charge in [0.2, 0.25) is 0 Å². The SMILES string of the molecule is ClC1CCCCCC1NCc1cc(Br)cc2c1OCC2. The quantitative estimate of drug-likeness (QED) is 0.638. The third-order valence-corrected chi connectivity index (χ3v) is 5.29. The van der Waals surface area contributed by atoms with E-state index >= 15 is 0 Å². The van der Waals surface area contributed by atoms with E-state index in [2.05, 4.69) is 33.4 Å². The van der Waals surface area contributed by atoms with Crippen LogP contribution in [0.5, 0.6) is 5.75 Å². The predicted molar refractivity (Wildman–Crippen MR) is 86.7 cm³/mol. The lowest BCUT2D eigenvalue weighted by molar-refractivity contribution is 0.350. The highest BCUT2D eigenvalue weighted by atomic mass is 79.9. The van der Waals surface area contributed by atoms with Crippen molar-refractivity contribution in [3.63, 3.8) is 0 Å². The molecule has 0 spiro atoms. The summed E-state index contributed by atoms with van der Waals surface area (Å²) < 4.78 is 6.92. The van der Waals surface area contributed by atoms with Gasteiger partial charge in [-0.1, -0.05) is 35.2 Å². The standard InChI is InChI=1S/C16H21BrClNO/c17-13-8-11-6-7-20-16(11)12(9-13)10-19-15-5-3-1-2-4-14(15)18/h8-9,14-15,19H,1-7,10H2. The van der Waals surface area contributed by atoms with Crippen LogP contribution in [0.25, 0.3) is 0 Å². The molecule has 0 amide bonds. The van der Waals surface area contributed by atoms with Gasteiger partial charge in [-0.05, 0) is 30.5 Å². The molecule has 1 aromatic rings. The number of rotatable bonds is 3. The fourth-order valence-corrected chi connectivity index (χ4v) is 4.13. The second kappa shape index (κ2) is 6.67. The fourth-order valence-electron chi connectivity index (χ4n) is 3.21. The van der Waals surface area contributed by atoms with Crippen LogP contribution in [0.15, 0.2) is 16.6 Å². The van der Waals surface area contributed by atoms with Gasteiger partial charge in [0.15, 0.2) is 0 Å². The van der Waals surface area contributed by atoms with Crippen molar-refractivity contribution in [3.05, 3.63) is 27.7 Å². The molecule has 1 heterocycles. The zero-order valence-electron chi connectivity index (χ0n) is 11.6. The molecule has 0 radical (unpaired) electrons. The second-order valence-electron chi connectivity index (χ2n) is 5.79. The molecule has 2 nitrogen and oxygen atoms in total. The summed E-state index contributed by atoms with van der Waals surface area (Å²) >= 11 is 10.1. The summed E-state index contributed by atoms with van der Waals surface area (Å²) in [6.07, 6.45) is 7.20. The van der Waals surface area contributed by atoms with Crippen LogP contribution < -0.4 is 10.1 Å². The van der Waals surface area contributed by atoms with Crippen molar-refractivity contribution in [3.8, 4) is 5.75 Å². The van der Waals surface area contributed by atoms with Crippen molar-refractivity contribution >= 4 is 27.5 Å². The molecule has 2 aliphatic rings. The van der Waals surface area contributed by atoms with E-state index in [1.165, 1.54) is 36.8 Å². The van der Waals surface area contributed by atoms with Gasteiger partial charge in [0.25, 0.3) is 0 Å². The normalized spacial score (nSPS) is 25.9. The number of halogens is 2. The highest BCUT2D eigenvalue weighted by molar-refractivity contribution is 9.10. The Balaban J connectivity index is 1.69. The highest BCUT2D eigenvalue weighted by Crippen LogP contribution is 2.33. The Labute approximate surface area is 134 Å². The average Bonchev–Trinajstić information content (AvgIpc) is 2.79. The summed E-state index contributed by atoms with van der Waals surface area (Å²) in [5, 5.41) is 3.91. The smallest absolute Gasteiger partial charge is 0.127 e. The van der Waals surface area contributed by atoms with Crippen LogP contribution in [0.1, 0.15) is 43.2 Å². The molecule has 4 heteroatoms. The van der Waals surface area contributed by atoms with Crippen molar-refractivity contribution < 1.29 is 4.74 Å². The molecule has 1 fully saturated rings. The van der Waals surface area contributed by atoms with Gasteiger partial charge < -0.3 is 10.1 Å². The third-order valence-electron chi connectivity index (χ3n) is 4.31. The van der Waals surface area contributed by atoms with Gasteiger partial charge in [-0.3, -0.25) is 0 Å². The number of nitrogens with one attached hydrogen (secondary N) is 1. The fraction of sp³-hybridized carbons (Fsp3) is 0.625. The molecule has 1 aliphatic carbocycles. The van der Waals surface area contributed by atoms with Gasteiger partial charge in [-0.25, -0.2) is 0 Å². The van der Waals surface area contributed by atoms with Crippen molar-refractivity contribution in [1.29, 1.82) is 0 Å². The molecular formula is C16H21BrClNO. The summed E-state index contributed by atoms with van der Waals surface area (Å²) in [6, 6.07) is 4.76. The Kier molecular flexibility index (Phi) is 4.90. The van der Waals surface area contributed by atoms with Crippen molar-refractivity contribution in [2.75, 3.05) is 6.61 Å². The Morgan fingerprint density at radius 3 is 3.00 bits per heavy atom. The first-order valence-corrected chi connectivity index (χ1v) is 8.78. The molecule has 110 valence electrons. The van der Waals surface area contributed by atoms with Gasteiger partial charge in [0.1, 0.15) is 5.75 Å². The second-order valence-corrected chi connectivity index (χ2v) is 7.27. The van der Waals surface area contributed by atoms with Crippen molar-refractivity contribution in [2.24, 2.45) is 0 Å². The molecular weight excluding hydrogens is 338 g/mol. The highest BCUT2D eigenvalue weighted by Gasteiger charge is 2.23. The van der Waals surface area contributed by atoms with Gasteiger partial charge in [0.05, 0.1) is 6.61 Å². The van der Waals surface area contributed by atoms with Crippen LogP contribution >= 0.6 is 27.5 Å². The van der Waals surface area contributed by atoms with Gasteiger partial charge in [-0.2, -0.15) is 0 Å². The lowest BCUT2D eigenvalue weighted by atomic mass is 10.1. The summed E-state index contributed by atoms with van der Waals surface area (Å²) in [4.78, 5) is 0. The zero-order chi connectivity index (χ0) is 13.9. The van der Waals surface area contributed by atoms with E-state index in [1.54, 1.807) is 0 Å². The number of ether oxygens (including phenoxy) is 1. The summed E-state index contributed by atoms with van der Waals surface area (Å²) in [5.74, 6) is 1.08. The van der Waals surface area contributed by atoms with E-state index in [-0.39, 0.29) is 5.38 Å². The molecule has 20 heavy (non-hydrogen) atoms.